The van der Waals surface area contributed by atoms with Gasteiger partial charge in [-0.15, -0.1) is 0 Å². The van der Waals surface area contributed by atoms with Crippen LogP contribution in [0.25, 0.3) is 5.76 Å². The van der Waals surface area contributed by atoms with E-state index in [-0.39, 0.29) is 16.7 Å². The second-order valence-corrected chi connectivity index (χ2v) is 6.08. The Hall–Kier alpha value is -1.67. The molecule has 1 nitrogen and oxygen atoms in total. The molecule has 2 aromatic carbocycles. The lowest BCUT2D eigenvalue weighted by molar-refractivity contribution is -0.243. The maximum absolute atomic E-state index is 12.0. The van der Waals surface area contributed by atoms with Gasteiger partial charge in [0.2, 0.25) is 0 Å². The maximum Gasteiger partial charge on any atom is 0.137 e. The van der Waals surface area contributed by atoms with E-state index in [2.05, 4.69) is 18.4 Å². The van der Waals surface area contributed by atoms with Crippen molar-refractivity contribution >= 4 is 16.7 Å². The molecular weight excluding hydrogens is 240 g/mol. The Bertz CT molecular complexity index is 505. The summed E-state index contributed by atoms with van der Waals surface area (Å²) >= 11 is 0. The van der Waals surface area contributed by atoms with Gasteiger partial charge in [-0.05, 0) is 5.56 Å². The molecule has 0 saturated carbocycles. The summed E-state index contributed by atoms with van der Waals surface area (Å²) in [4.78, 5) is 0. The lowest BCUT2D eigenvalue weighted by atomic mass is 10.2. The van der Waals surface area contributed by atoms with Crippen molar-refractivity contribution in [3.05, 3.63) is 77.2 Å². The quantitative estimate of drug-likeness (QED) is 0.609. The van der Waals surface area contributed by atoms with Crippen LogP contribution in [0.15, 0.2) is 66.1 Å². The molecule has 1 atom stereocenters. The SMILES string of the molecule is C[S+](/C=C(\[O-])c1ccccc1)Cc1ccccc1. The van der Waals surface area contributed by atoms with Gasteiger partial charge in [0.05, 0.1) is 0 Å². The van der Waals surface area contributed by atoms with Gasteiger partial charge in [0.1, 0.15) is 17.4 Å². The Balaban J connectivity index is 2.04. The zero-order chi connectivity index (χ0) is 12.8. The van der Waals surface area contributed by atoms with E-state index in [1.165, 1.54) is 5.56 Å². The highest BCUT2D eigenvalue weighted by Gasteiger charge is 2.08. The van der Waals surface area contributed by atoms with E-state index >= 15 is 0 Å². The number of rotatable bonds is 4. The summed E-state index contributed by atoms with van der Waals surface area (Å²) in [6, 6.07) is 19.7. The predicted molar refractivity (Wildman–Crippen MR) is 77.9 cm³/mol. The van der Waals surface area contributed by atoms with Gasteiger partial charge in [-0.1, -0.05) is 66.4 Å². The van der Waals surface area contributed by atoms with Crippen LogP contribution in [0.5, 0.6) is 0 Å². The average molecular weight is 256 g/mol. The van der Waals surface area contributed by atoms with Crippen LogP contribution in [0.2, 0.25) is 0 Å². The third-order valence-corrected chi connectivity index (χ3v) is 4.01. The fraction of sp³-hybridized carbons (Fsp3) is 0.125. The Kier molecular flexibility index (Phi) is 4.48. The highest BCUT2D eigenvalue weighted by molar-refractivity contribution is 7.98. The van der Waals surface area contributed by atoms with Crippen molar-refractivity contribution in [3.8, 4) is 0 Å². The molecule has 0 saturated heterocycles. The fourth-order valence-electron chi connectivity index (χ4n) is 1.73. The van der Waals surface area contributed by atoms with Crippen LogP contribution in [-0.2, 0) is 16.6 Å². The minimum absolute atomic E-state index is 0.0261. The lowest BCUT2D eigenvalue weighted by Gasteiger charge is -2.10. The summed E-state index contributed by atoms with van der Waals surface area (Å²) in [5.74, 6) is 1.05. The third-order valence-electron chi connectivity index (χ3n) is 2.60. The smallest absolute Gasteiger partial charge is 0.137 e. The highest BCUT2D eigenvalue weighted by Crippen LogP contribution is 2.13. The zero-order valence-electron chi connectivity index (χ0n) is 10.4. The number of hydrogen-bond donors (Lipinski definition) is 0. The molecule has 0 N–H and O–H groups in total. The summed E-state index contributed by atoms with van der Waals surface area (Å²) in [5, 5.41) is 13.8. The van der Waals surface area contributed by atoms with Gasteiger partial charge >= 0.3 is 0 Å². The minimum atomic E-state index is -0.0261. The second-order valence-electron chi connectivity index (χ2n) is 4.17. The third kappa shape index (κ3) is 3.67. The molecule has 0 radical (unpaired) electrons. The van der Waals surface area contributed by atoms with E-state index in [4.69, 9.17) is 0 Å². The first-order valence-corrected chi connectivity index (χ1v) is 7.72. The monoisotopic (exact) mass is 256 g/mol. The zero-order valence-corrected chi connectivity index (χ0v) is 11.2. The molecule has 0 aromatic heterocycles. The molecule has 2 rings (SSSR count). The molecule has 0 heterocycles. The molecule has 18 heavy (non-hydrogen) atoms. The molecular formula is C16H16OS. The first kappa shape index (κ1) is 12.8. The largest absolute Gasteiger partial charge is 0.869 e. The molecule has 0 fully saturated rings. The van der Waals surface area contributed by atoms with E-state index in [0.29, 0.717) is 0 Å². The Labute approximate surface area is 111 Å². The Morgan fingerprint density at radius 2 is 1.56 bits per heavy atom. The van der Waals surface area contributed by atoms with Gasteiger partial charge in [0, 0.05) is 16.5 Å². The van der Waals surface area contributed by atoms with E-state index in [1.807, 2.05) is 53.9 Å². The van der Waals surface area contributed by atoms with Crippen molar-refractivity contribution in [1.29, 1.82) is 0 Å². The molecule has 92 valence electrons. The van der Waals surface area contributed by atoms with Crippen molar-refractivity contribution in [2.45, 2.75) is 5.75 Å². The van der Waals surface area contributed by atoms with Crippen LogP contribution in [0.1, 0.15) is 11.1 Å². The molecule has 2 aromatic rings. The van der Waals surface area contributed by atoms with Gasteiger partial charge in [-0.2, -0.15) is 0 Å². The van der Waals surface area contributed by atoms with Gasteiger partial charge in [0.25, 0.3) is 0 Å². The molecule has 0 aliphatic carbocycles. The van der Waals surface area contributed by atoms with Crippen LogP contribution >= 0.6 is 0 Å². The molecule has 1 unspecified atom stereocenters. The van der Waals surface area contributed by atoms with Crippen molar-refractivity contribution in [2.75, 3.05) is 6.26 Å². The van der Waals surface area contributed by atoms with Crippen molar-refractivity contribution in [1.82, 2.24) is 0 Å². The van der Waals surface area contributed by atoms with Crippen LogP contribution in [-0.4, -0.2) is 6.26 Å². The summed E-state index contributed by atoms with van der Waals surface area (Å²) in [6.45, 7) is 0. The predicted octanol–water partition coefficient (Wildman–Crippen LogP) is 2.79. The fourth-order valence-corrected chi connectivity index (χ4v) is 3.04. The first-order chi connectivity index (χ1) is 8.75. The molecule has 0 amide bonds. The van der Waals surface area contributed by atoms with E-state index < -0.39 is 0 Å². The summed E-state index contributed by atoms with van der Waals surface area (Å²) in [5.41, 5.74) is 2.05. The van der Waals surface area contributed by atoms with E-state index in [1.54, 1.807) is 0 Å². The molecule has 2 heteroatoms. The van der Waals surface area contributed by atoms with Crippen LogP contribution in [0.3, 0.4) is 0 Å². The van der Waals surface area contributed by atoms with Gasteiger partial charge < -0.3 is 5.11 Å². The van der Waals surface area contributed by atoms with Gasteiger partial charge in [0.15, 0.2) is 0 Å². The molecule has 0 aliphatic rings. The lowest BCUT2D eigenvalue weighted by Crippen LogP contribution is -2.07. The first-order valence-electron chi connectivity index (χ1n) is 5.85. The van der Waals surface area contributed by atoms with Gasteiger partial charge in [-0.3, -0.25) is 0 Å². The van der Waals surface area contributed by atoms with Gasteiger partial charge in [-0.25, -0.2) is 0 Å². The Morgan fingerprint density at radius 3 is 2.17 bits per heavy atom. The molecule has 0 bridgehead atoms. The highest BCUT2D eigenvalue weighted by atomic mass is 32.2. The van der Waals surface area contributed by atoms with Crippen LogP contribution in [0.4, 0.5) is 0 Å². The summed E-state index contributed by atoms with van der Waals surface area (Å²) in [7, 11) is -0.0261. The minimum Gasteiger partial charge on any atom is -0.869 e. The van der Waals surface area contributed by atoms with Crippen LogP contribution < -0.4 is 5.11 Å². The average Bonchev–Trinajstić information content (AvgIpc) is 2.40. The number of benzene rings is 2. The van der Waals surface area contributed by atoms with E-state index in [9.17, 15) is 5.11 Å². The topological polar surface area (TPSA) is 23.1 Å². The van der Waals surface area contributed by atoms with Crippen molar-refractivity contribution in [2.24, 2.45) is 0 Å². The van der Waals surface area contributed by atoms with Crippen LogP contribution in [0, 0.1) is 0 Å². The normalized spacial score (nSPS) is 13.3. The maximum atomic E-state index is 12.0. The van der Waals surface area contributed by atoms with Crippen molar-refractivity contribution in [3.63, 3.8) is 0 Å². The summed E-state index contributed by atoms with van der Waals surface area (Å²) in [6.07, 6.45) is 2.10. The molecule has 0 aliphatic heterocycles. The van der Waals surface area contributed by atoms with Crippen molar-refractivity contribution < 1.29 is 5.11 Å². The standard InChI is InChI=1S/C16H16OS/c1-18(12-14-8-4-2-5-9-14)13-16(17)15-10-6-3-7-11-15/h2-11,13H,12H2,1H3/b16-13-. The number of hydrogen-bond acceptors (Lipinski definition) is 1. The van der Waals surface area contributed by atoms with E-state index in [0.717, 1.165) is 11.3 Å². The molecule has 0 spiro atoms. The summed E-state index contributed by atoms with van der Waals surface area (Å²) < 4.78 is 0. The Morgan fingerprint density at radius 1 is 1.00 bits per heavy atom. The second kappa shape index (κ2) is 6.31.